The lowest BCUT2D eigenvalue weighted by molar-refractivity contribution is -0.119. The molecule has 2 aliphatic rings. The Morgan fingerprint density at radius 2 is 2.03 bits per heavy atom. The van der Waals surface area contributed by atoms with E-state index in [0.717, 1.165) is 24.1 Å². The molecule has 0 unspecified atom stereocenters. The molecule has 2 amide bonds. The molecule has 2 heterocycles. The van der Waals surface area contributed by atoms with Gasteiger partial charge in [-0.2, -0.15) is 0 Å². The number of fused-ring (bicyclic) bond motifs is 2. The molecule has 8 heteroatoms. The van der Waals surface area contributed by atoms with E-state index < -0.39 is 15.1 Å². The first-order valence-corrected chi connectivity index (χ1v) is 11.5. The molecule has 0 radical (unpaired) electrons. The molecule has 2 aromatic carbocycles. The maximum atomic E-state index is 13.3. The minimum Gasteiger partial charge on any atom is -0.482 e. The van der Waals surface area contributed by atoms with Crippen LogP contribution in [-0.4, -0.2) is 38.6 Å². The second-order valence-electron chi connectivity index (χ2n) is 7.79. The van der Waals surface area contributed by atoms with Crippen LogP contribution in [0.2, 0.25) is 0 Å². The van der Waals surface area contributed by atoms with Crippen LogP contribution >= 0.6 is 0 Å². The Morgan fingerprint density at radius 1 is 1.27 bits per heavy atom. The molecule has 0 spiro atoms. The van der Waals surface area contributed by atoms with Crippen molar-refractivity contribution in [3.63, 3.8) is 0 Å². The van der Waals surface area contributed by atoms with Crippen LogP contribution in [0.4, 0.5) is 11.4 Å². The molecule has 7 nitrogen and oxygen atoms in total. The summed E-state index contributed by atoms with van der Waals surface area (Å²) in [7, 11) is -3.77. The second-order valence-corrected chi connectivity index (χ2v) is 10.1. The Labute approximate surface area is 175 Å². The highest BCUT2D eigenvalue weighted by Crippen LogP contribution is 2.35. The van der Waals surface area contributed by atoms with Gasteiger partial charge in [-0.05, 0) is 49.9 Å². The van der Waals surface area contributed by atoms with Crippen molar-refractivity contribution in [3.8, 4) is 5.75 Å². The molecule has 1 atom stereocenters. The summed E-state index contributed by atoms with van der Waals surface area (Å²) in [5, 5.41) is 1.78. The van der Waals surface area contributed by atoms with Gasteiger partial charge >= 0.3 is 0 Å². The van der Waals surface area contributed by atoms with Gasteiger partial charge in [0.05, 0.1) is 15.8 Å². The third kappa shape index (κ3) is 3.67. The average Bonchev–Trinajstić information content (AvgIpc) is 2.72. The molecule has 4 rings (SSSR count). The lowest BCUT2D eigenvalue weighted by Crippen LogP contribution is -2.38. The number of anilines is 2. The largest absolute Gasteiger partial charge is 0.482 e. The first-order valence-electron chi connectivity index (χ1n) is 9.97. The van der Waals surface area contributed by atoms with Crippen molar-refractivity contribution in [2.24, 2.45) is 0 Å². The van der Waals surface area contributed by atoms with Crippen molar-refractivity contribution in [1.82, 2.24) is 0 Å². The van der Waals surface area contributed by atoms with Gasteiger partial charge in [0.15, 0.2) is 16.4 Å². The molecule has 0 saturated heterocycles. The van der Waals surface area contributed by atoms with Crippen LogP contribution in [0.5, 0.6) is 5.75 Å². The van der Waals surface area contributed by atoms with Crippen molar-refractivity contribution < 1.29 is 22.7 Å². The normalized spacial score (nSPS) is 16.7. The van der Waals surface area contributed by atoms with Gasteiger partial charge in [-0.3, -0.25) is 9.59 Å². The zero-order valence-electron chi connectivity index (χ0n) is 17.0. The average molecular weight is 429 g/mol. The highest BCUT2D eigenvalue weighted by Gasteiger charge is 2.32. The summed E-state index contributed by atoms with van der Waals surface area (Å²) >= 11 is 0. The number of carbonyl (C=O) groups is 2. The van der Waals surface area contributed by atoms with Crippen LogP contribution in [0.1, 0.15) is 30.9 Å². The van der Waals surface area contributed by atoms with Crippen LogP contribution in [0.3, 0.4) is 0 Å². The number of rotatable bonds is 4. The van der Waals surface area contributed by atoms with Crippen LogP contribution in [0.15, 0.2) is 41.3 Å². The summed E-state index contributed by atoms with van der Waals surface area (Å²) < 4.78 is 31.9. The second kappa shape index (κ2) is 7.75. The van der Waals surface area contributed by atoms with Crippen molar-refractivity contribution in [1.29, 1.82) is 0 Å². The number of benzene rings is 2. The predicted molar refractivity (Wildman–Crippen MR) is 114 cm³/mol. The quantitative estimate of drug-likeness (QED) is 0.808. The van der Waals surface area contributed by atoms with E-state index in [0.29, 0.717) is 23.5 Å². The van der Waals surface area contributed by atoms with Gasteiger partial charge in [-0.15, -0.1) is 0 Å². The maximum Gasteiger partial charge on any atom is 0.262 e. The SMILES string of the molecule is Cc1cc2c(cc1S(=O)(=O)[C@@H](C)CC(=O)N1CCCc3ccccc31)OCC(=O)N2. The minimum absolute atomic E-state index is 0.106. The van der Waals surface area contributed by atoms with Gasteiger partial charge in [0.1, 0.15) is 5.75 Å². The van der Waals surface area contributed by atoms with Crippen LogP contribution in [-0.2, 0) is 25.8 Å². The summed E-state index contributed by atoms with van der Waals surface area (Å²) in [5.41, 5.74) is 2.93. The molecule has 158 valence electrons. The number of sulfone groups is 1. The lowest BCUT2D eigenvalue weighted by atomic mass is 10.0. The molecular formula is C22H24N2O5S. The first kappa shape index (κ1) is 20.4. The van der Waals surface area contributed by atoms with Gasteiger partial charge in [0.25, 0.3) is 5.91 Å². The van der Waals surface area contributed by atoms with Crippen LogP contribution in [0, 0.1) is 6.92 Å². The van der Waals surface area contributed by atoms with E-state index in [4.69, 9.17) is 4.74 Å². The first-order chi connectivity index (χ1) is 14.3. The van der Waals surface area contributed by atoms with Crippen molar-refractivity contribution in [2.45, 2.75) is 43.3 Å². The third-order valence-electron chi connectivity index (χ3n) is 5.62. The van der Waals surface area contributed by atoms with Gasteiger partial charge in [0, 0.05) is 24.7 Å². The summed E-state index contributed by atoms with van der Waals surface area (Å²) in [4.78, 5) is 26.3. The van der Waals surface area contributed by atoms with Crippen molar-refractivity contribution in [2.75, 3.05) is 23.4 Å². The molecule has 0 fully saturated rings. The number of amides is 2. The maximum absolute atomic E-state index is 13.3. The Morgan fingerprint density at radius 3 is 2.83 bits per heavy atom. The van der Waals surface area contributed by atoms with E-state index in [1.165, 1.54) is 6.07 Å². The van der Waals surface area contributed by atoms with E-state index in [2.05, 4.69) is 5.32 Å². The topological polar surface area (TPSA) is 92.8 Å². The standard InChI is InChI=1S/C22H24N2O5S/c1-14-10-17-19(29-13-21(25)23-17)12-20(14)30(27,28)15(2)11-22(26)24-9-5-7-16-6-3-4-8-18(16)24/h3-4,6,8,10,12,15H,5,7,9,11,13H2,1-2H3,(H,23,25)/t15-/m0/s1. The van der Waals surface area contributed by atoms with Gasteiger partial charge in [-0.25, -0.2) is 8.42 Å². The minimum atomic E-state index is -3.77. The summed E-state index contributed by atoms with van der Waals surface area (Å²) in [6, 6.07) is 10.8. The fraction of sp³-hybridized carbons (Fsp3) is 0.364. The Balaban J connectivity index is 1.57. The number of hydrogen-bond acceptors (Lipinski definition) is 5. The van der Waals surface area contributed by atoms with Crippen molar-refractivity contribution >= 4 is 33.0 Å². The number of hydrogen-bond donors (Lipinski definition) is 1. The third-order valence-corrected chi connectivity index (χ3v) is 7.90. The predicted octanol–water partition coefficient (Wildman–Crippen LogP) is 2.86. The smallest absolute Gasteiger partial charge is 0.262 e. The van der Waals surface area contributed by atoms with Gasteiger partial charge < -0.3 is 15.0 Å². The number of aryl methyl sites for hydroxylation is 2. The number of carbonyl (C=O) groups excluding carboxylic acids is 2. The molecule has 0 saturated carbocycles. The van der Waals surface area contributed by atoms with E-state index in [-0.39, 0.29) is 29.7 Å². The number of ether oxygens (including phenoxy) is 1. The van der Waals surface area contributed by atoms with Crippen molar-refractivity contribution in [3.05, 3.63) is 47.5 Å². The zero-order valence-corrected chi connectivity index (χ0v) is 17.8. The summed E-state index contributed by atoms with van der Waals surface area (Å²) in [5.74, 6) is -0.155. The fourth-order valence-electron chi connectivity index (χ4n) is 4.00. The number of para-hydroxylation sites is 1. The molecule has 30 heavy (non-hydrogen) atoms. The highest BCUT2D eigenvalue weighted by atomic mass is 32.2. The van der Waals surface area contributed by atoms with E-state index in [1.54, 1.807) is 24.8 Å². The molecule has 2 aromatic rings. The Bertz CT molecular complexity index is 1130. The molecule has 2 aliphatic heterocycles. The fourth-order valence-corrected chi connectivity index (χ4v) is 5.57. The van der Waals surface area contributed by atoms with E-state index in [9.17, 15) is 18.0 Å². The summed E-state index contributed by atoms with van der Waals surface area (Å²) in [6.45, 7) is 3.67. The summed E-state index contributed by atoms with van der Waals surface area (Å²) in [6.07, 6.45) is 1.67. The molecular weight excluding hydrogens is 404 g/mol. The Kier molecular flexibility index (Phi) is 5.27. The van der Waals surface area contributed by atoms with Gasteiger partial charge in [0.2, 0.25) is 5.91 Å². The Hall–Kier alpha value is -2.87. The van der Waals surface area contributed by atoms with Crippen LogP contribution < -0.4 is 15.0 Å². The molecule has 1 N–H and O–H groups in total. The van der Waals surface area contributed by atoms with E-state index >= 15 is 0 Å². The lowest BCUT2D eigenvalue weighted by Gasteiger charge is -2.30. The molecule has 0 bridgehead atoms. The number of nitrogens with one attached hydrogen (secondary N) is 1. The van der Waals surface area contributed by atoms with E-state index in [1.807, 2.05) is 24.3 Å². The monoisotopic (exact) mass is 428 g/mol. The highest BCUT2D eigenvalue weighted by molar-refractivity contribution is 7.92. The van der Waals surface area contributed by atoms with Gasteiger partial charge in [-0.1, -0.05) is 18.2 Å². The number of nitrogens with zero attached hydrogens (tertiary/aromatic N) is 1. The molecule has 0 aromatic heterocycles. The zero-order chi connectivity index (χ0) is 21.5. The molecule has 0 aliphatic carbocycles. The van der Waals surface area contributed by atoms with Crippen LogP contribution in [0.25, 0.3) is 0 Å².